The van der Waals surface area contributed by atoms with E-state index in [0.29, 0.717) is 13.0 Å². The SMILES string of the molecule is CCCC(=O)NCC1(O)CCCc2ccccc21. The molecule has 2 rings (SSSR count). The lowest BCUT2D eigenvalue weighted by molar-refractivity contribution is -0.122. The van der Waals surface area contributed by atoms with Crippen LogP contribution in [0.1, 0.15) is 43.7 Å². The van der Waals surface area contributed by atoms with Gasteiger partial charge in [-0.15, -0.1) is 0 Å². The summed E-state index contributed by atoms with van der Waals surface area (Å²) in [6, 6.07) is 7.98. The van der Waals surface area contributed by atoms with Crippen molar-refractivity contribution in [2.75, 3.05) is 6.54 Å². The lowest BCUT2D eigenvalue weighted by Crippen LogP contribution is -2.42. The molecule has 1 aliphatic rings. The summed E-state index contributed by atoms with van der Waals surface area (Å²) >= 11 is 0. The Hall–Kier alpha value is -1.35. The van der Waals surface area contributed by atoms with Gasteiger partial charge in [-0.1, -0.05) is 31.2 Å². The summed E-state index contributed by atoms with van der Waals surface area (Å²) in [6.07, 6.45) is 4.06. The first-order chi connectivity index (χ1) is 8.65. The number of nitrogens with one attached hydrogen (secondary N) is 1. The minimum Gasteiger partial charge on any atom is -0.383 e. The van der Waals surface area contributed by atoms with E-state index < -0.39 is 5.60 Å². The molecule has 0 heterocycles. The summed E-state index contributed by atoms with van der Waals surface area (Å²) in [6.45, 7) is 2.30. The predicted molar refractivity (Wildman–Crippen MR) is 71.2 cm³/mol. The molecule has 0 bridgehead atoms. The Balaban J connectivity index is 2.10. The highest BCUT2D eigenvalue weighted by atomic mass is 16.3. The van der Waals surface area contributed by atoms with Crippen molar-refractivity contribution in [1.29, 1.82) is 0 Å². The molecule has 98 valence electrons. The van der Waals surface area contributed by atoms with Crippen LogP contribution in [0.4, 0.5) is 0 Å². The fourth-order valence-electron chi connectivity index (χ4n) is 2.64. The molecule has 2 N–H and O–H groups in total. The van der Waals surface area contributed by atoms with Crippen LogP contribution in [0, 0.1) is 0 Å². The van der Waals surface area contributed by atoms with E-state index in [2.05, 4.69) is 11.4 Å². The molecule has 3 heteroatoms. The maximum absolute atomic E-state index is 11.5. The molecule has 1 amide bonds. The van der Waals surface area contributed by atoms with Crippen molar-refractivity contribution in [3.05, 3.63) is 35.4 Å². The number of hydrogen-bond donors (Lipinski definition) is 2. The Morgan fingerprint density at radius 2 is 2.22 bits per heavy atom. The van der Waals surface area contributed by atoms with E-state index in [1.165, 1.54) is 5.56 Å². The number of carbonyl (C=O) groups excluding carboxylic acids is 1. The van der Waals surface area contributed by atoms with Gasteiger partial charge in [0.05, 0.1) is 6.54 Å². The van der Waals surface area contributed by atoms with E-state index in [-0.39, 0.29) is 5.91 Å². The molecule has 1 aromatic rings. The number of benzene rings is 1. The highest BCUT2D eigenvalue weighted by Crippen LogP contribution is 2.34. The molecule has 0 aromatic heterocycles. The average molecular weight is 247 g/mol. The van der Waals surface area contributed by atoms with Crippen LogP contribution in [0.15, 0.2) is 24.3 Å². The fraction of sp³-hybridized carbons (Fsp3) is 0.533. The number of amides is 1. The molecule has 0 fully saturated rings. The van der Waals surface area contributed by atoms with Gasteiger partial charge < -0.3 is 10.4 Å². The van der Waals surface area contributed by atoms with Crippen molar-refractivity contribution in [3.63, 3.8) is 0 Å². The third kappa shape index (κ3) is 2.72. The second kappa shape index (κ2) is 5.53. The number of hydrogen-bond acceptors (Lipinski definition) is 2. The van der Waals surface area contributed by atoms with Gasteiger partial charge >= 0.3 is 0 Å². The van der Waals surface area contributed by atoms with Crippen molar-refractivity contribution >= 4 is 5.91 Å². The lowest BCUT2D eigenvalue weighted by atomic mass is 9.79. The second-order valence-electron chi connectivity index (χ2n) is 5.07. The van der Waals surface area contributed by atoms with E-state index in [1.807, 2.05) is 25.1 Å². The predicted octanol–water partition coefficient (Wildman–Crippen LogP) is 2.13. The van der Waals surface area contributed by atoms with Crippen molar-refractivity contribution in [2.45, 2.75) is 44.6 Å². The zero-order valence-electron chi connectivity index (χ0n) is 10.9. The van der Waals surface area contributed by atoms with Crippen molar-refractivity contribution in [1.82, 2.24) is 5.32 Å². The van der Waals surface area contributed by atoms with Crippen molar-refractivity contribution in [2.24, 2.45) is 0 Å². The third-order valence-electron chi connectivity index (χ3n) is 3.61. The molecule has 1 atom stereocenters. The first-order valence-corrected chi connectivity index (χ1v) is 6.73. The number of rotatable bonds is 4. The van der Waals surface area contributed by atoms with Crippen LogP contribution in [0.3, 0.4) is 0 Å². The van der Waals surface area contributed by atoms with Gasteiger partial charge in [0.1, 0.15) is 5.60 Å². The zero-order chi connectivity index (χ0) is 13.0. The highest BCUT2D eigenvalue weighted by molar-refractivity contribution is 5.75. The van der Waals surface area contributed by atoms with Gasteiger partial charge in [-0.25, -0.2) is 0 Å². The minimum atomic E-state index is -0.891. The Kier molecular flexibility index (Phi) is 4.02. The van der Waals surface area contributed by atoms with Crippen LogP contribution in [0.5, 0.6) is 0 Å². The van der Waals surface area contributed by atoms with Gasteiger partial charge in [0, 0.05) is 6.42 Å². The molecule has 0 radical (unpaired) electrons. The van der Waals surface area contributed by atoms with Crippen LogP contribution in [-0.2, 0) is 16.8 Å². The molecular formula is C15H21NO2. The summed E-state index contributed by atoms with van der Waals surface area (Å²) in [5.41, 5.74) is 1.29. The number of carbonyl (C=O) groups is 1. The van der Waals surface area contributed by atoms with E-state index in [9.17, 15) is 9.90 Å². The van der Waals surface area contributed by atoms with E-state index in [1.54, 1.807) is 0 Å². The molecular weight excluding hydrogens is 226 g/mol. The monoisotopic (exact) mass is 247 g/mol. The van der Waals surface area contributed by atoms with Crippen LogP contribution < -0.4 is 5.32 Å². The smallest absolute Gasteiger partial charge is 0.220 e. The number of aryl methyl sites for hydroxylation is 1. The summed E-state index contributed by atoms with van der Waals surface area (Å²) in [4.78, 5) is 11.5. The first kappa shape index (κ1) is 13.1. The maximum Gasteiger partial charge on any atom is 0.220 e. The Labute approximate surface area is 108 Å². The quantitative estimate of drug-likeness (QED) is 0.856. The average Bonchev–Trinajstić information content (AvgIpc) is 2.38. The summed E-state index contributed by atoms with van der Waals surface area (Å²) < 4.78 is 0. The van der Waals surface area contributed by atoms with Gasteiger partial charge in [-0.05, 0) is 36.8 Å². The van der Waals surface area contributed by atoms with Crippen LogP contribution in [0.25, 0.3) is 0 Å². The lowest BCUT2D eigenvalue weighted by Gasteiger charge is -2.34. The molecule has 18 heavy (non-hydrogen) atoms. The summed E-state index contributed by atoms with van der Waals surface area (Å²) in [5, 5.41) is 13.6. The first-order valence-electron chi connectivity index (χ1n) is 6.73. The molecule has 0 saturated heterocycles. The van der Waals surface area contributed by atoms with E-state index in [0.717, 1.165) is 31.2 Å². The van der Waals surface area contributed by atoms with Crippen LogP contribution >= 0.6 is 0 Å². The Morgan fingerprint density at radius 3 is 3.00 bits per heavy atom. The molecule has 1 aromatic carbocycles. The molecule has 1 aliphatic carbocycles. The number of aliphatic hydroxyl groups is 1. The van der Waals surface area contributed by atoms with E-state index >= 15 is 0 Å². The highest BCUT2D eigenvalue weighted by Gasteiger charge is 2.34. The van der Waals surface area contributed by atoms with Crippen LogP contribution in [-0.4, -0.2) is 17.6 Å². The second-order valence-corrected chi connectivity index (χ2v) is 5.07. The molecule has 0 saturated carbocycles. The molecule has 0 spiro atoms. The topological polar surface area (TPSA) is 49.3 Å². The zero-order valence-corrected chi connectivity index (χ0v) is 10.9. The number of fused-ring (bicyclic) bond motifs is 1. The molecule has 1 unspecified atom stereocenters. The summed E-state index contributed by atoms with van der Waals surface area (Å²) in [7, 11) is 0. The standard InChI is InChI=1S/C15H21NO2/c1-2-6-14(17)16-11-15(18)10-5-8-12-7-3-4-9-13(12)15/h3-4,7,9,18H,2,5-6,8,10-11H2,1H3,(H,16,17). The van der Waals surface area contributed by atoms with Gasteiger partial charge in [-0.2, -0.15) is 0 Å². The Morgan fingerprint density at radius 1 is 1.44 bits per heavy atom. The third-order valence-corrected chi connectivity index (χ3v) is 3.61. The van der Waals surface area contributed by atoms with Gasteiger partial charge in [0.15, 0.2) is 0 Å². The van der Waals surface area contributed by atoms with Gasteiger partial charge in [-0.3, -0.25) is 4.79 Å². The largest absolute Gasteiger partial charge is 0.383 e. The molecule has 3 nitrogen and oxygen atoms in total. The van der Waals surface area contributed by atoms with Crippen LogP contribution in [0.2, 0.25) is 0 Å². The fourth-order valence-corrected chi connectivity index (χ4v) is 2.64. The summed E-state index contributed by atoms with van der Waals surface area (Å²) in [5.74, 6) is 0.0222. The van der Waals surface area contributed by atoms with E-state index in [4.69, 9.17) is 0 Å². The van der Waals surface area contributed by atoms with Crippen molar-refractivity contribution < 1.29 is 9.90 Å². The van der Waals surface area contributed by atoms with Gasteiger partial charge in [0.2, 0.25) is 5.91 Å². The normalized spacial score (nSPS) is 22.3. The van der Waals surface area contributed by atoms with Crippen molar-refractivity contribution in [3.8, 4) is 0 Å². The van der Waals surface area contributed by atoms with Gasteiger partial charge in [0.25, 0.3) is 0 Å². The minimum absolute atomic E-state index is 0.0222. The molecule has 0 aliphatic heterocycles. The Bertz CT molecular complexity index is 430. The maximum atomic E-state index is 11.5.